The van der Waals surface area contributed by atoms with Crippen molar-refractivity contribution >= 4 is 0 Å². The molecule has 0 saturated carbocycles. The molecule has 3 N–H and O–H groups in total. The second-order valence-electron chi connectivity index (χ2n) is 4.87. The molecule has 1 aromatic carbocycles. The summed E-state index contributed by atoms with van der Waals surface area (Å²) in [6.07, 6.45) is 0.973. The molecule has 1 rings (SSSR count). The van der Waals surface area contributed by atoms with Gasteiger partial charge in [-0.15, -0.1) is 0 Å². The lowest BCUT2D eigenvalue weighted by Gasteiger charge is -2.23. The van der Waals surface area contributed by atoms with Crippen LogP contribution in [0.5, 0.6) is 0 Å². The summed E-state index contributed by atoms with van der Waals surface area (Å²) in [6.45, 7) is 8.56. The minimum Gasteiger partial charge on any atom is -0.328 e. The van der Waals surface area contributed by atoms with E-state index in [1.165, 1.54) is 22.3 Å². The van der Waals surface area contributed by atoms with E-state index in [0.717, 1.165) is 6.42 Å². The van der Waals surface area contributed by atoms with Gasteiger partial charge in [-0.3, -0.25) is 0 Å². The molecule has 2 nitrogen and oxygen atoms in total. The number of benzene rings is 1. The van der Waals surface area contributed by atoms with Crippen LogP contribution >= 0.6 is 0 Å². The van der Waals surface area contributed by atoms with Crippen LogP contribution < -0.4 is 11.1 Å². The minimum atomic E-state index is 0.220. The highest BCUT2D eigenvalue weighted by Crippen LogP contribution is 2.26. The maximum Gasteiger partial charge on any atom is 0.0337 e. The Morgan fingerprint density at radius 2 is 1.69 bits per heavy atom. The fraction of sp³-hybridized carbons (Fsp3) is 0.571. The molecule has 0 aliphatic rings. The van der Waals surface area contributed by atoms with E-state index >= 15 is 0 Å². The van der Waals surface area contributed by atoms with Crippen LogP contribution in [0.15, 0.2) is 12.1 Å². The average Bonchev–Trinajstić information content (AvgIpc) is 2.13. The van der Waals surface area contributed by atoms with Crippen molar-refractivity contribution in [1.82, 2.24) is 5.32 Å². The molecule has 0 aliphatic heterocycles. The van der Waals surface area contributed by atoms with Gasteiger partial charge in [-0.2, -0.15) is 0 Å². The third kappa shape index (κ3) is 3.06. The van der Waals surface area contributed by atoms with E-state index in [9.17, 15) is 0 Å². The smallest absolute Gasteiger partial charge is 0.0337 e. The van der Waals surface area contributed by atoms with Crippen molar-refractivity contribution in [3.05, 3.63) is 34.4 Å². The second-order valence-corrected chi connectivity index (χ2v) is 4.87. The monoisotopic (exact) mass is 220 g/mol. The van der Waals surface area contributed by atoms with E-state index in [0.29, 0.717) is 6.04 Å². The Bertz CT molecular complexity index is 333. The van der Waals surface area contributed by atoms with Crippen LogP contribution in [0.25, 0.3) is 0 Å². The third-order valence-electron chi connectivity index (χ3n) is 3.04. The maximum absolute atomic E-state index is 5.90. The molecule has 0 bridgehead atoms. The number of nitrogens with one attached hydrogen (secondary N) is 1. The van der Waals surface area contributed by atoms with Gasteiger partial charge < -0.3 is 11.1 Å². The van der Waals surface area contributed by atoms with Gasteiger partial charge in [0.05, 0.1) is 0 Å². The molecule has 1 aromatic rings. The predicted octanol–water partition coefficient (Wildman–Crippen LogP) is 2.61. The van der Waals surface area contributed by atoms with Gasteiger partial charge in [0.15, 0.2) is 0 Å². The molecule has 2 heteroatoms. The van der Waals surface area contributed by atoms with E-state index in [4.69, 9.17) is 5.73 Å². The Kier molecular flexibility index (Phi) is 4.51. The van der Waals surface area contributed by atoms with Gasteiger partial charge in [-0.25, -0.2) is 0 Å². The van der Waals surface area contributed by atoms with E-state index in [1.54, 1.807) is 0 Å². The summed E-state index contributed by atoms with van der Waals surface area (Å²) in [5, 5.41) is 3.37. The predicted molar refractivity (Wildman–Crippen MR) is 70.7 cm³/mol. The summed E-state index contributed by atoms with van der Waals surface area (Å²) < 4.78 is 0. The standard InChI is InChI=1S/C14H24N2/c1-9-6-10(2)14(11(3)7-9)13(16-5)8-12(4)15/h6-7,12-13,16H,8,15H2,1-5H3. The van der Waals surface area contributed by atoms with Crippen LogP contribution in [0.4, 0.5) is 0 Å². The highest BCUT2D eigenvalue weighted by Gasteiger charge is 2.16. The SMILES string of the molecule is CNC(CC(C)N)c1c(C)cc(C)cc1C. The first kappa shape index (κ1) is 13.2. The van der Waals surface area contributed by atoms with Gasteiger partial charge >= 0.3 is 0 Å². The Morgan fingerprint density at radius 3 is 2.06 bits per heavy atom. The first-order chi connectivity index (χ1) is 7.45. The zero-order valence-corrected chi connectivity index (χ0v) is 11.1. The minimum absolute atomic E-state index is 0.220. The summed E-state index contributed by atoms with van der Waals surface area (Å²) in [6, 6.07) is 5.07. The molecule has 0 saturated heterocycles. The van der Waals surface area contributed by atoms with Crippen molar-refractivity contribution in [2.45, 2.75) is 46.2 Å². The first-order valence-electron chi connectivity index (χ1n) is 5.96. The summed E-state index contributed by atoms with van der Waals surface area (Å²) in [5.41, 5.74) is 11.3. The van der Waals surface area contributed by atoms with Crippen LogP contribution in [-0.2, 0) is 0 Å². The molecule has 2 atom stereocenters. The molecule has 16 heavy (non-hydrogen) atoms. The van der Waals surface area contributed by atoms with Crippen molar-refractivity contribution in [1.29, 1.82) is 0 Å². The molecule has 0 radical (unpaired) electrons. The molecular formula is C14H24N2. The van der Waals surface area contributed by atoms with Gasteiger partial charge in [0.25, 0.3) is 0 Å². The second kappa shape index (κ2) is 5.46. The van der Waals surface area contributed by atoms with Gasteiger partial charge in [0.2, 0.25) is 0 Å². The number of aryl methyl sites for hydroxylation is 3. The van der Waals surface area contributed by atoms with Gasteiger partial charge in [0, 0.05) is 12.1 Å². The normalized spacial score (nSPS) is 14.9. The number of hydrogen-bond donors (Lipinski definition) is 2. The maximum atomic E-state index is 5.90. The lowest BCUT2D eigenvalue weighted by Crippen LogP contribution is -2.27. The zero-order chi connectivity index (χ0) is 12.3. The molecule has 0 amide bonds. The molecule has 2 unspecified atom stereocenters. The summed E-state index contributed by atoms with van der Waals surface area (Å²) in [4.78, 5) is 0. The van der Waals surface area contributed by atoms with E-state index in [-0.39, 0.29) is 6.04 Å². The molecule has 0 aromatic heterocycles. The van der Waals surface area contributed by atoms with Crippen molar-refractivity contribution in [3.63, 3.8) is 0 Å². The number of rotatable bonds is 4. The Morgan fingerprint density at radius 1 is 1.19 bits per heavy atom. The average molecular weight is 220 g/mol. The Labute approximate surface area is 99.2 Å². The molecule has 0 spiro atoms. The van der Waals surface area contributed by atoms with Crippen LogP contribution in [0.1, 0.15) is 41.6 Å². The first-order valence-corrected chi connectivity index (χ1v) is 5.96. The lowest BCUT2D eigenvalue weighted by molar-refractivity contribution is 0.495. The quantitative estimate of drug-likeness (QED) is 0.818. The van der Waals surface area contributed by atoms with Crippen LogP contribution in [0.2, 0.25) is 0 Å². The Balaban J connectivity index is 3.09. The number of nitrogens with two attached hydrogens (primary N) is 1. The fourth-order valence-electron chi connectivity index (χ4n) is 2.49. The van der Waals surface area contributed by atoms with Crippen LogP contribution in [-0.4, -0.2) is 13.1 Å². The highest BCUT2D eigenvalue weighted by molar-refractivity contribution is 5.39. The van der Waals surface area contributed by atoms with Crippen molar-refractivity contribution in [3.8, 4) is 0 Å². The third-order valence-corrected chi connectivity index (χ3v) is 3.04. The molecule has 0 aliphatic carbocycles. The van der Waals surface area contributed by atoms with Gasteiger partial charge in [0.1, 0.15) is 0 Å². The summed E-state index contributed by atoms with van der Waals surface area (Å²) in [5.74, 6) is 0. The number of hydrogen-bond acceptors (Lipinski definition) is 2. The molecule has 0 fully saturated rings. The van der Waals surface area contributed by atoms with Crippen molar-refractivity contribution in [2.24, 2.45) is 5.73 Å². The summed E-state index contributed by atoms with van der Waals surface area (Å²) >= 11 is 0. The molecular weight excluding hydrogens is 196 g/mol. The molecule has 90 valence electrons. The van der Waals surface area contributed by atoms with Crippen LogP contribution in [0.3, 0.4) is 0 Å². The van der Waals surface area contributed by atoms with E-state index in [1.807, 2.05) is 7.05 Å². The topological polar surface area (TPSA) is 38.0 Å². The van der Waals surface area contributed by atoms with Gasteiger partial charge in [-0.05, 0) is 57.9 Å². The lowest BCUT2D eigenvalue weighted by atomic mass is 9.91. The van der Waals surface area contributed by atoms with E-state index in [2.05, 4.69) is 45.1 Å². The fourth-order valence-corrected chi connectivity index (χ4v) is 2.49. The summed E-state index contributed by atoms with van der Waals surface area (Å²) in [7, 11) is 2.01. The van der Waals surface area contributed by atoms with Gasteiger partial charge in [-0.1, -0.05) is 17.7 Å². The largest absolute Gasteiger partial charge is 0.328 e. The van der Waals surface area contributed by atoms with Crippen LogP contribution in [0, 0.1) is 20.8 Å². The molecule has 0 heterocycles. The highest BCUT2D eigenvalue weighted by atomic mass is 14.9. The van der Waals surface area contributed by atoms with Crippen molar-refractivity contribution < 1.29 is 0 Å². The van der Waals surface area contributed by atoms with Crippen molar-refractivity contribution in [2.75, 3.05) is 7.05 Å². The Hall–Kier alpha value is -0.860. The zero-order valence-electron chi connectivity index (χ0n) is 11.1. The van der Waals surface area contributed by atoms with E-state index < -0.39 is 0 Å².